The zero-order chi connectivity index (χ0) is 14.3. The van der Waals surface area contributed by atoms with Crippen LogP contribution in [-0.4, -0.2) is 25.7 Å². The minimum absolute atomic E-state index is 0.0103. The first-order valence-corrected chi connectivity index (χ1v) is 6.59. The van der Waals surface area contributed by atoms with Gasteiger partial charge in [0.2, 0.25) is 5.91 Å². The van der Waals surface area contributed by atoms with E-state index >= 15 is 0 Å². The Hall–Kier alpha value is -1.71. The average molecular weight is 265 g/mol. The SMILES string of the molecule is COc1ccccc1OCCC(=O)NC(C)C(C)C. The van der Waals surface area contributed by atoms with Crippen LogP contribution in [0, 0.1) is 5.92 Å². The molecule has 0 aliphatic rings. The average Bonchev–Trinajstić information content (AvgIpc) is 2.39. The number of hydrogen-bond donors (Lipinski definition) is 1. The van der Waals surface area contributed by atoms with Gasteiger partial charge in [-0.3, -0.25) is 4.79 Å². The fraction of sp³-hybridized carbons (Fsp3) is 0.533. The Kier molecular flexibility index (Phi) is 6.19. The van der Waals surface area contributed by atoms with Gasteiger partial charge in [-0.15, -0.1) is 0 Å². The normalized spacial score (nSPS) is 12.1. The van der Waals surface area contributed by atoms with Crippen molar-refractivity contribution in [2.75, 3.05) is 13.7 Å². The lowest BCUT2D eigenvalue weighted by molar-refractivity contribution is -0.122. The maximum absolute atomic E-state index is 11.7. The molecule has 1 N–H and O–H groups in total. The van der Waals surface area contributed by atoms with Gasteiger partial charge in [-0.1, -0.05) is 26.0 Å². The van der Waals surface area contributed by atoms with E-state index in [2.05, 4.69) is 19.2 Å². The number of amides is 1. The van der Waals surface area contributed by atoms with Crippen LogP contribution in [0.15, 0.2) is 24.3 Å². The molecule has 4 heteroatoms. The Morgan fingerprint density at radius 3 is 2.42 bits per heavy atom. The van der Waals surface area contributed by atoms with Crippen LogP contribution in [0.2, 0.25) is 0 Å². The summed E-state index contributed by atoms with van der Waals surface area (Å²) in [5.41, 5.74) is 0. The van der Waals surface area contributed by atoms with Crippen LogP contribution in [0.4, 0.5) is 0 Å². The topological polar surface area (TPSA) is 47.6 Å². The first kappa shape index (κ1) is 15.3. The van der Waals surface area contributed by atoms with Gasteiger partial charge in [0.05, 0.1) is 20.1 Å². The Labute approximate surface area is 115 Å². The molecule has 19 heavy (non-hydrogen) atoms. The maximum atomic E-state index is 11.7. The predicted octanol–water partition coefficient (Wildman–Crippen LogP) is 2.62. The van der Waals surface area contributed by atoms with Crippen LogP contribution in [0.25, 0.3) is 0 Å². The van der Waals surface area contributed by atoms with Crippen molar-refractivity contribution in [2.45, 2.75) is 33.2 Å². The molecule has 0 aliphatic heterocycles. The van der Waals surface area contributed by atoms with Gasteiger partial charge in [0.15, 0.2) is 11.5 Å². The van der Waals surface area contributed by atoms with Crippen molar-refractivity contribution in [1.82, 2.24) is 5.32 Å². The quantitative estimate of drug-likeness (QED) is 0.824. The Morgan fingerprint density at radius 2 is 1.84 bits per heavy atom. The Bertz CT molecular complexity index is 404. The van der Waals surface area contributed by atoms with E-state index in [1.807, 2.05) is 31.2 Å². The zero-order valence-electron chi connectivity index (χ0n) is 12.1. The molecule has 0 aliphatic carbocycles. The summed E-state index contributed by atoms with van der Waals surface area (Å²) < 4.78 is 10.7. The molecular formula is C15H23NO3. The molecule has 0 bridgehead atoms. The summed E-state index contributed by atoms with van der Waals surface area (Å²) >= 11 is 0. The molecule has 1 rings (SSSR count). The smallest absolute Gasteiger partial charge is 0.223 e. The number of hydrogen-bond acceptors (Lipinski definition) is 3. The standard InChI is InChI=1S/C15H23NO3/c1-11(2)12(3)16-15(17)9-10-19-14-8-6-5-7-13(14)18-4/h5-8,11-12H,9-10H2,1-4H3,(H,16,17). The van der Waals surface area contributed by atoms with E-state index in [-0.39, 0.29) is 11.9 Å². The molecule has 0 heterocycles. The lowest BCUT2D eigenvalue weighted by Gasteiger charge is -2.17. The van der Waals surface area contributed by atoms with Crippen LogP contribution in [0.3, 0.4) is 0 Å². The highest BCUT2D eigenvalue weighted by Crippen LogP contribution is 2.25. The van der Waals surface area contributed by atoms with Crippen LogP contribution >= 0.6 is 0 Å². The molecule has 106 valence electrons. The second kappa shape index (κ2) is 7.67. The van der Waals surface area contributed by atoms with Crippen molar-refractivity contribution in [2.24, 2.45) is 5.92 Å². The van der Waals surface area contributed by atoms with E-state index in [4.69, 9.17) is 9.47 Å². The van der Waals surface area contributed by atoms with Crippen molar-refractivity contribution >= 4 is 5.91 Å². The van der Waals surface area contributed by atoms with Gasteiger partial charge in [-0.2, -0.15) is 0 Å². The third-order valence-electron chi connectivity index (χ3n) is 3.04. The summed E-state index contributed by atoms with van der Waals surface area (Å²) in [5.74, 6) is 1.78. The van der Waals surface area contributed by atoms with Crippen molar-refractivity contribution in [1.29, 1.82) is 0 Å². The summed E-state index contributed by atoms with van der Waals surface area (Å²) in [6.45, 7) is 6.51. The number of ether oxygens (including phenoxy) is 2. The first-order valence-electron chi connectivity index (χ1n) is 6.59. The first-order chi connectivity index (χ1) is 9.04. The van der Waals surface area contributed by atoms with Crippen LogP contribution in [0.5, 0.6) is 11.5 Å². The third-order valence-corrected chi connectivity index (χ3v) is 3.04. The van der Waals surface area contributed by atoms with E-state index < -0.39 is 0 Å². The number of rotatable bonds is 7. The van der Waals surface area contributed by atoms with Gasteiger partial charge in [0.1, 0.15) is 0 Å². The van der Waals surface area contributed by atoms with Gasteiger partial charge in [0.25, 0.3) is 0 Å². The highest BCUT2D eigenvalue weighted by molar-refractivity contribution is 5.76. The third kappa shape index (κ3) is 5.20. The summed E-state index contributed by atoms with van der Waals surface area (Å²) in [6, 6.07) is 7.59. The lowest BCUT2D eigenvalue weighted by atomic mass is 10.1. The molecule has 1 unspecified atom stereocenters. The molecular weight excluding hydrogens is 242 g/mol. The van der Waals surface area contributed by atoms with Crippen LogP contribution in [0.1, 0.15) is 27.2 Å². The van der Waals surface area contributed by atoms with Gasteiger partial charge in [-0.05, 0) is 25.0 Å². The second-order valence-corrected chi connectivity index (χ2v) is 4.85. The van der Waals surface area contributed by atoms with Gasteiger partial charge in [-0.25, -0.2) is 0 Å². The van der Waals surface area contributed by atoms with E-state index in [1.54, 1.807) is 7.11 Å². The second-order valence-electron chi connectivity index (χ2n) is 4.85. The number of carbonyl (C=O) groups is 1. The molecule has 0 spiro atoms. The minimum Gasteiger partial charge on any atom is -0.493 e. The number of benzene rings is 1. The van der Waals surface area contributed by atoms with Crippen molar-refractivity contribution in [3.05, 3.63) is 24.3 Å². The Morgan fingerprint density at radius 1 is 1.21 bits per heavy atom. The monoisotopic (exact) mass is 265 g/mol. The summed E-state index contributed by atoms with van der Waals surface area (Å²) in [7, 11) is 1.60. The summed E-state index contributed by atoms with van der Waals surface area (Å²) in [4.78, 5) is 11.7. The molecule has 4 nitrogen and oxygen atoms in total. The summed E-state index contributed by atoms with van der Waals surface area (Å²) in [5, 5.41) is 2.94. The van der Waals surface area contributed by atoms with Gasteiger partial charge < -0.3 is 14.8 Å². The molecule has 0 saturated carbocycles. The number of carbonyl (C=O) groups excluding carboxylic acids is 1. The molecule has 0 saturated heterocycles. The molecule has 0 aromatic heterocycles. The molecule has 1 amide bonds. The minimum atomic E-state index is 0.0103. The number of nitrogens with one attached hydrogen (secondary N) is 1. The summed E-state index contributed by atoms with van der Waals surface area (Å²) in [6.07, 6.45) is 0.342. The molecule has 0 radical (unpaired) electrons. The van der Waals surface area contributed by atoms with Crippen LogP contribution < -0.4 is 14.8 Å². The fourth-order valence-corrected chi connectivity index (χ4v) is 1.48. The van der Waals surface area contributed by atoms with E-state index in [9.17, 15) is 4.79 Å². The largest absolute Gasteiger partial charge is 0.493 e. The van der Waals surface area contributed by atoms with Crippen molar-refractivity contribution in [3.63, 3.8) is 0 Å². The van der Waals surface area contributed by atoms with E-state index in [1.165, 1.54) is 0 Å². The lowest BCUT2D eigenvalue weighted by Crippen LogP contribution is -2.36. The highest BCUT2D eigenvalue weighted by atomic mass is 16.5. The van der Waals surface area contributed by atoms with Gasteiger partial charge >= 0.3 is 0 Å². The highest BCUT2D eigenvalue weighted by Gasteiger charge is 2.11. The van der Waals surface area contributed by atoms with Gasteiger partial charge in [0, 0.05) is 6.04 Å². The molecule has 1 aromatic rings. The zero-order valence-corrected chi connectivity index (χ0v) is 12.1. The number of methoxy groups -OCH3 is 1. The molecule has 1 atom stereocenters. The van der Waals surface area contributed by atoms with E-state index in [0.29, 0.717) is 30.4 Å². The predicted molar refractivity (Wildman–Crippen MR) is 75.5 cm³/mol. The van der Waals surface area contributed by atoms with E-state index in [0.717, 1.165) is 0 Å². The maximum Gasteiger partial charge on any atom is 0.223 e. The fourth-order valence-electron chi connectivity index (χ4n) is 1.48. The number of para-hydroxylation sites is 2. The Balaban J connectivity index is 2.36. The molecule has 0 fully saturated rings. The van der Waals surface area contributed by atoms with Crippen LogP contribution in [-0.2, 0) is 4.79 Å². The molecule has 1 aromatic carbocycles. The van der Waals surface area contributed by atoms with Crippen molar-refractivity contribution < 1.29 is 14.3 Å². The van der Waals surface area contributed by atoms with Crippen molar-refractivity contribution in [3.8, 4) is 11.5 Å².